The van der Waals surface area contributed by atoms with Gasteiger partial charge in [0.2, 0.25) is 5.91 Å². The van der Waals surface area contributed by atoms with Gasteiger partial charge in [-0.1, -0.05) is 74.5 Å². The zero-order valence-corrected chi connectivity index (χ0v) is 14.1. The number of amides is 1. The molecular weight excluding hydrogens is 284 g/mol. The van der Waals surface area contributed by atoms with E-state index >= 15 is 0 Å². The largest absolute Gasteiger partial charge is 0.348 e. The van der Waals surface area contributed by atoms with Crippen LogP contribution in [-0.4, -0.2) is 12.5 Å². The normalized spacial score (nSPS) is 13.6. The summed E-state index contributed by atoms with van der Waals surface area (Å²) < 4.78 is 0. The Kier molecular flexibility index (Phi) is 6.36. The number of hydrogen-bond donors (Lipinski definition) is 2. The molecule has 2 atom stereocenters. The topological polar surface area (TPSA) is 41.1 Å². The number of nitrogens with one attached hydrogen (secondary N) is 2. The van der Waals surface area contributed by atoms with Crippen LogP contribution in [-0.2, 0) is 4.79 Å². The van der Waals surface area contributed by atoms with Gasteiger partial charge in [0.25, 0.3) is 0 Å². The first-order valence-corrected chi connectivity index (χ1v) is 8.20. The van der Waals surface area contributed by atoms with E-state index in [1.54, 1.807) is 0 Å². The number of carbonyl (C=O) groups is 1. The number of rotatable bonds is 7. The highest BCUT2D eigenvalue weighted by molar-refractivity contribution is 5.78. The lowest BCUT2D eigenvalue weighted by Gasteiger charge is -2.23. The third-order valence-corrected chi connectivity index (χ3v) is 3.98. The van der Waals surface area contributed by atoms with E-state index in [4.69, 9.17) is 0 Å². The van der Waals surface area contributed by atoms with Crippen molar-refractivity contribution in [1.82, 2.24) is 10.6 Å². The van der Waals surface area contributed by atoms with Gasteiger partial charge in [-0.3, -0.25) is 4.79 Å². The lowest BCUT2D eigenvalue weighted by Crippen LogP contribution is -2.38. The van der Waals surface area contributed by atoms with E-state index in [1.165, 1.54) is 5.56 Å². The fraction of sp³-hybridized carbons (Fsp3) is 0.350. The number of benzene rings is 2. The van der Waals surface area contributed by atoms with Gasteiger partial charge in [-0.2, -0.15) is 0 Å². The standard InChI is InChI=1S/C20H26N2O/c1-15(2)20(18-12-8-5-9-13-18)21-14-19(23)22-16(3)17-10-6-4-7-11-17/h4-13,15-16,20-21H,14H2,1-3H3,(H,22,23)/t16-,20+/m0/s1. The molecule has 0 aliphatic carbocycles. The number of hydrogen-bond acceptors (Lipinski definition) is 2. The van der Waals surface area contributed by atoms with Gasteiger partial charge in [0.15, 0.2) is 0 Å². The van der Waals surface area contributed by atoms with Crippen LogP contribution < -0.4 is 10.6 Å². The van der Waals surface area contributed by atoms with Crippen LogP contribution in [0.25, 0.3) is 0 Å². The van der Waals surface area contributed by atoms with Crippen molar-refractivity contribution in [3.8, 4) is 0 Å². The minimum Gasteiger partial charge on any atom is -0.348 e. The highest BCUT2D eigenvalue weighted by atomic mass is 16.1. The lowest BCUT2D eigenvalue weighted by atomic mass is 9.96. The van der Waals surface area contributed by atoms with Crippen molar-refractivity contribution in [3.05, 3.63) is 71.8 Å². The smallest absolute Gasteiger partial charge is 0.234 e. The summed E-state index contributed by atoms with van der Waals surface area (Å²) in [5, 5.41) is 6.42. The van der Waals surface area contributed by atoms with Crippen molar-refractivity contribution in [2.24, 2.45) is 5.92 Å². The second-order valence-electron chi connectivity index (χ2n) is 6.21. The molecule has 0 radical (unpaired) electrons. The summed E-state index contributed by atoms with van der Waals surface area (Å²) >= 11 is 0. The summed E-state index contributed by atoms with van der Waals surface area (Å²) in [6.07, 6.45) is 0. The van der Waals surface area contributed by atoms with Gasteiger partial charge in [0, 0.05) is 6.04 Å². The second-order valence-corrected chi connectivity index (χ2v) is 6.21. The Morgan fingerprint density at radius 1 is 0.870 bits per heavy atom. The monoisotopic (exact) mass is 310 g/mol. The third kappa shape index (κ3) is 5.22. The van der Waals surface area contributed by atoms with Crippen molar-refractivity contribution < 1.29 is 4.79 Å². The van der Waals surface area contributed by atoms with E-state index in [-0.39, 0.29) is 18.0 Å². The fourth-order valence-corrected chi connectivity index (χ4v) is 2.72. The predicted octanol–water partition coefficient (Wildman–Crippen LogP) is 3.85. The molecule has 0 spiro atoms. The maximum atomic E-state index is 12.2. The van der Waals surface area contributed by atoms with Gasteiger partial charge >= 0.3 is 0 Å². The highest BCUT2D eigenvalue weighted by Gasteiger charge is 2.17. The van der Waals surface area contributed by atoms with Gasteiger partial charge in [-0.15, -0.1) is 0 Å². The molecule has 0 saturated carbocycles. The first-order valence-electron chi connectivity index (χ1n) is 8.20. The molecule has 2 rings (SSSR count). The summed E-state index contributed by atoms with van der Waals surface area (Å²) in [6, 6.07) is 20.5. The summed E-state index contributed by atoms with van der Waals surface area (Å²) in [7, 11) is 0. The average Bonchev–Trinajstić information content (AvgIpc) is 2.56. The maximum absolute atomic E-state index is 12.2. The van der Waals surface area contributed by atoms with Crippen LogP contribution in [0.5, 0.6) is 0 Å². The Hall–Kier alpha value is -2.13. The molecule has 0 aromatic heterocycles. The van der Waals surface area contributed by atoms with Gasteiger partial charge in [-0.05, 0) is 24.0 Å². The molecule has 0 fully saturated rings. The number of carbonyl (C=O) groups excluding carboxylic acids is 1. The molecule has 3 nitrogen and oxygen atoms in total. The van der Waals surface area contributed by atoms with Crippen LogP contribution in [0.2, 0.25) is 0 Å². The lowest BCUT2D eigenvalue weighted by molar-refractivity contribution is -0.121. The van der Waals surface area contributed by atoms with Crippen LogP contribution in [0.15, 0.2) is 60.7 Å². The van der Waals surface area contributed by atoms with E-state index < -0.39 is 0 Å². The molecule has 2 aromatic rings. The molecule has 122 valence electrons. The zero-order valence-electron chi connectivity index (χ0n) is 14.1. The molecule has 0 heterocycles. The molecule has 3 heteroatoms. The van der Waals surface area contributed by atoms with E-state index in [0.717, 1.165) is 5.56 Å². The summed E-state index contributed by atoms with van der Waals surface area (Å²) in [5.74, 6) is 0.430. The Bertz CT molecular complexity index is 596. The molecular formula is C20H26N2O. The van der Waals surface area contributed by atoms with Crippen LogP contribution in [0.4, 0.5) is 0 Å². The Balaban J connectivity index is 1.89. The van der Waals surface area contributed by atoms with Gasteiger partial charge in [0.1, 0.15) is 0 Å². The molecule has 0 aliphatic rings. The van der Waals surface area contributed by atoms with Crippen molar-refractivity contribution >= 4 is 5.91 Å². The fourth-order valence-electron chi connectivity index (χ4n) is 2.72. The average molecular weight is 310 g/mol. The summed E-state index contributed by atoms with van der Waals surface area (Å²) in [5.41, 5.74) is 2.33. The molecule has 0 aliphatic heterocycles. The van der Waals surface area contributed by atoms with Crippen molar-refractivity contribution in [2.45, 2.75) is 32.9 Å². The molecule has 0 saturated heterocycles. The van der Waals surface area contributed by atoms with E-state index in [9.17, 15) is 4.79 Å². The Labute approximate surface area is 139 Å². The molecule has 0 bridgehead atoms. The van der Waals surface area contributed by atoms with Crippen LogP contribution in [0, 0.1) is 5.92 Å². The molecule has 23 heavy (non-hydrogen) atoms. The first kappa shape index (κ1) is 17.2. The van der Waals surface area contributed by atoms with Crippen LogP contribution in [0.3, 0.4) is 0 Å². The first-order chi connectivity index (χ1) is 11.1. The predicted molar refractivity (Wildman–Crippen MR) is 95.0 cm³/mol. The maximum Gasteiger partial charge on any atom is 0.234 e. The zero-order chi connectivity index (χ0) is 16.7. The second kappa shape index (κ2) is 8.49. The van der Waals surface area contributed by atoms with Crippen molar-refractivity contribution in [2.75, 3.05) is 6.54 Å². The van der Waals surface area contributed by atoms with Gasteiger partial charge in [-0.25, -0.2) is 0 Å². The van der Waals surface area contributed by atoms with Gasteiger partial charge in [0.05, 0.1) is 12.6 Å². The van der Waals surface area contributed by atoms with E-state index in [1.807, 2.05) is 55.5 Å². The molecule has 0 unspecified atom stereocenters. The molecule has 2 N–H and O–H groups in total. The van der Waals surface area contributed by atoms with Gasteiger partial charge < -0.3 is 10.6 Å². The van der Waals surface area contributed by atoms with Crippen LogP contribution in [0.1, 0.15) is 44.0 Å². The van der Waals surface area contributed by atoms with Crippen molar-refractivity contribution in [1.29, 1.82) is 0 Å². The molecule has 1 amide bonds. The summed E-state index contributed by atoms with van der Waals surface area (Å²) in [6.45, 7) is 6.64. The Morgan fingerprint density at radius 3 is 1.91 bits per heavy atom. The molecule has 2 aromatic carbocycles. The van der Waals surface area contributed by atoms with E-state index in [2.05, 4.69) is 36.6 Å². The van der Waals surface area contributed by atoms with E-state index in [0.29, 0.717) is 12.5 Å². The highest BCUT2D eigenvalue weighted by Crippen LogP contribution is 2.21. The van der Waals surface area contributed by atoms with Crippen LogP contribution >= 0.6 is 0 Å². The minimum atomic E-state index is 0.0136. The Morgan fingerprint density at radius 2 is 1.39 bits per heavy atom. The third-order valence-electron chi connectivity index (χ3n) is 3.98. The van der Waals surface area contributed by atoms with Crippen molar-refractivity contribution in [3.63, 3.8) is 0 Å². The SMILES string of the molecule is CC(C)[C@@H](NCC(=O)N[C@@H](C)c1ccccc1)c1ccccc1. The minimum absolute atomic E-state index is 0.0136. The summed E-state index contributed by atoms with van der Waals surface area (Å²) in [4.78, 5) is 12.2. The quantitative estimate of drug-likeness (QED) is 0.815.